The van der Waals surface area contributed by atoms with Gasteiger partial charge in [0.2, 0.25) is 0 Å². The number of halogens is 2. The van der Waals surface area contributed by atoms with E-state index in [9.17, 15) is 4.79 Å². The fourth-order valence-electron chi connectivity index (χ4n) is 0.927. The first-order chi connectivity index (χ1) is 7.00. The molecule has 0 heterocycles. The monoisotopic (exact) mass is 385 g/mol. The minimum atomic E-state index is -1.39. The Morgan fingerprint density at radius 1 is 1.60 bits per heavy atom. The number of aliphatic hydroxyl groups is 1. The Hall–Kier alpha value is -0.340. The minimum absolute atomic E-state index is 0.0121. The number of anilines is 1. The van der Waals surface area contributed by atoms with Crippen molar-refractivity contribution in [1.82, 2.24) is 0 Å². The van der Waals surface area contributed by atoms with Gasteiger partial charge in [0.15, 0.2) is 6.10 Å². The molecule has 0 radical (unpaired) electrons. The van der Waals surface area contributed by atoms with E-state index in [1.165, 1.54) is 0 Å². The summed E-state index contributed by atoms with van der Waals surface area (Å²) >= 11 is 5.44. The third-order valence-electron chi connectivity index (χ3n) is 1.70. The predicted octanol–water partition coefficient (Wildman–Crippen LogP) is 1.91. The molecule has 6 heteroatoms. The molecule has 82 valence electrons. The summed E-state index contributed by atoms with van der Waals surface area (Å²) in [7, 11) is 0. The van der Waals surface area contributed by atoms with Gasteiger partial charge in [-0.1, -0.05) is 15.9 Å². The zero-order chi connectivity index (χ0) is 11.4. The average molecular weight is 386 g/mol. The highest BCUT2D eigenvalue weighted by Gasteiger charge is 2.12. The fraction of sp³-hybridized carbons (Fsp3) is 0.222. The fourth-order valence-corrected chi connectivity index (χ4v) is 1.81. The molecule has 1 unspecified atom stereocenters. The number of hydrogen-bond acceptors (Lipinski definition) is 3. The Morgan fingerprint density at radius 2 is 2.27 bits per heavy atom. The van der Waals surface area contributed by atoms with Gasteiger partial charge in [-0.3, -0.25) is 0 Å². The lowest BCUT2D eigenvalue weighted by atomic mass is 10.3. The first-order valence-electron chi connectivity index (χ1n) is 4.10. The van der Waals surface area contributed by atoms with Gasteiger partial charge < -0.3 is 15.5 Å². The summed E-state index contributed by atoms with van der Waals surface area (Å²) in [5, 5.41) is 20.4. The van der Waals surface area contributed by atoms with Crippen LogP contribution in [0.25, 0.3) is 0 Å². The van der Waals surface area contributed by atoms with Crippen molar-refractivity contribution in [3.63, 3.8) is 0 Å². The van der Waals surface area contributed by atoms with Crippen LogP contribution in [0.5, 0.6) is 0 Å². The van der Waals surface area contributed by atoms with Gasteiger partial charge >= 0.3 is 5.97 Å². The van der Waals surface area contributed by atoms with E-state index in [1.807, 2.05) is 18.2 Å². The van der Waals surface area contributed by atoms with Crippen LogP contribution in [0.1, 0.15) is 0 Å². The normalized spacial score (nSPS) is 12.2. The molecule has 1 rings (SSSR count). The number of carboxylic acid groups (broad SMARTS) is 1. The van der Waals surface area contributed by atoms with E-state index in [0.29, 0.717) is 0 Å². The second-order valence-corrected chi connectivity index (χ2v) is 4.94. The minimum Gasteiger partial charge on any atom is -0.479 e. The second kappa shape index (κ2) is 5.66. The molecule has 0 saturated carbocycles. The van der Waals surface area contributed by atoms with E-state index in [2.05, 4.69) is 43.8 Å². The highest BCUT2D eigenvalue weighted by atomic mass is 127. The molecule has 4 nitrogen and oxygen atoms in total. The summed E-state index contributed by atoms with van der Waals surface area (Å²) in [5.41, 5.74) is 0.797. The van der Waals surface area contributed by atoms with Crippen LogP contribution >= 0.6 is 38.5 Å². The highest BCUT2D eigenvalue weighted by Crippen LogP contribution is 2.22. The predicted molar refractivity (Wildman–Crippen MR) is 69.0 cm³/mol. The van der Waals surface area contributed by atoms with Crippen LogP contribution in [-0.2, 0) is 4.79 Å². The number of carbonyl (C=O) groups is 1. The number of hydrogen-bond donors (Lipinski definition) is 3. The summed E-state index contributed by atoms with van der Waals surface area (Å²) in [6.07, 6.45) is -1.39. The molecule has 0 spiro atoms. The third kappa shape index (κ3) is 3.96. The maximum Gasteiger partial charge on any atom is 0.334 e. The number of carboxylic acids is 1. The van der Waals surface area contributed by atoms with Gasteiger partial charge in [0.25, 0.3) is 0 Å². The van der Waals surface area contributed by atoms with Gasteiger partial charge in [0.1, 0.15) is 0 Å². The number of benzene rings is 1. The smallest absolute Gasteiger partial charge is 0.334 e. The molecule has 0 saturated heterocycles. The van der Waals surface area contributed by atoms with Crippen molar-refractivity contribution in [3.05, 3.63) is 26.2 Å². The third-order valence-corrected chi connectivity index (χ3v) is 3.13. The maximum atomic E-state index is 10.4. The van der Waals surface area contributed by atoms with Gasteiger partial charge in [-0.2, -0.15) is 0 Å². The van der Waals surface area contributed by atoms with Crippen molar-refractivity contribution < 1.29 is 15.0 Å². The van der Waals surface area contributed by atoms with E-state index in [0.717, 1.165) is 13.7 Å². The molecule has 15 heavy (non-hydrogen) atoms. The zero-order valence-electron chi connectivity index (χ0n) is 7.58. The van der Waals surface area contributed by atoms with E-state index < -0.39 is 12.1 Å². The second-order valence-electron chi connectivity index (χ2n) is 2.86. The van der Waals surface area contributed by atoms with E-state index in [1.54, 1.807) is 0 Å². The van der Waals surface area contributed by atoms with Gasteiger partial charge in [-0.15, -0.1) is 0 Å². The molecule has 1 aromatic rings. The van der Waals surface area contributed by atoms with Crippen molar-refractivity contribution in [3.8, 4) is 0 Å². The molecule has 0 aromatic heterocycles. The van der Waals surface area contributed by atoms with E-state index in [-0.39, 0.29) is 6.54 Å². The van der Waals surface area contributed by atoms with Crippen molar-refractivity contribution in [1.29, 1.82) is 0 Å². The van der Waals surface area contributed by atoms with Crippen molar-refractivity contribution in [2.45, 2.75) is 6.10 Å². The SMILES string of the molecule is O=C(O)C(O)CNc1cc(Br)ccc1I. The lowest BCUT2D eigenvalue weighted by molar-refractivity contribution is -0.145. The molecule has 0 fully saturated rings. The molecular weight excluding hydrogens is 377 g/mol. The molecule has 1 atom stereocenters. The topological polar surface area (TPSA) is 69.6 Å². The number of nitrogens with one attached hydrogen (secondary N) is 1. The Bertz CT molecular complexity index is 372. The number of rotatable bonds is 4. The van der Waals surface area contributed by atoms with Crippen LogP contribution in [0.4, 0.5) is 5.69 Å². The van der Waals surface area contributed by atoms with Crippen LogP contribution in [0, 0.1) is 3.57 Å². The maximum absolute atomic E-state index is 10.4. The molecular formula is C9H9BrINO3. The standard InChI is InChI=1S/C9H9BrINO3/c10-5-1-2-6(11)7(3-5)12-4-8(13)9(14)15/h1-3,8,12-13H,4H2,(H,14,15). The van der Waals surface area contributed by atoms with Crippen LogP contribution in [0.15, 0.2) is 22.7 Å². The zero-order valence-corrected chi connectivity index (χ0v) is 11.3. The van der Waals surface area contributed by atoms with Gasteiger partial charge in [0.05, 0.1) is 6.54 Å². The van der Waals surface area contributed by atoms with E-state index in [4.69, 9.17) is 10.2 Å². The molecule has 0 aliphatic rings. The average Bonchev–Trinajstić information content (AvgIpc) is 2.18. The van der Waals surface area contributed by atoms with Crippen molar-refractivity contribution in [2.24, 2.45) is 0 Å². The lowest BCUT2D eigenvalue weighted by Gasteiger charge is -2.10. The van der Waals surface area contributed by atoms with Crippen LogP contribution < -0.4 is 5.32 Å². The van der Waals surface area contributed by atoms with Gasteiger partial charge in [-0.25, -0.2) is 4.79 Å². The number of aliphatic carboxylic acids is 1. The summed E-state index contributed by atoms with van der Waals surface area (Å²) < 4.78 is 1.86. The first kappa shape index (κ1) is 12.7. The highest BCUT2D eigenvalue weighted by molar-refractivity contribution is 14.1. The van der Waals surface area contributed by atoms with Crippen molar-refractivity contribution >= 4 is 50.2 Å². The van der Waals surface area contributed by atoms with Gasteiger partial charge in [0, 0.05) is 13.7 Å². The van der Waals surface area contributed by atoms with E-state index >= 15 is 0 Å². The molecule has 0 amide bonds. The number of aliphatic hydroxyl groups excluding tert-OH is 1. The molecule has 0 aliphatic carbocycles. The Balaban J connectivity index is 2.65. The molecule has 3 N–H and O–H groups in total. The summed E-state index contributed by atoms with van der Waals surface area (Å²) in [6.45, 7) is -0.0121. The van der Waals surface area contributed by atoms with Crippen LogP contribution in [0.3, 0.4) is 0 Å². The quantitative estimate of drug-likeness (QED) is 0.692. The van der Waals surface area contributed by atoms with Crippen LogP contribution in [0.2, 0.25) is 0 Å². The Morgan fingerprint density at radius 3 is 2.87 bits per heavy atom. The van der Waals surface area contributed by atoms with Gasteiger partial charge in [-0.05, 0) is 40.8 Å². The summed E-state index contributed by atoms with van der Waals surface area (Å²) in [5.74, 6) is -1.23. The lowest BCUT2D eigenvalue weighted by Crippen LogP contribution is -2.28. The largest absolute Gasteiger partial charge is 0.479 e. The Labute approximate surface area is 109 Å². The molecule has 1 aromatic carbocycles. The molecule has 0 aliphatic heterocycles. The Kier molecular flexibility index (Phi) is 4.81. The summed E-state index contributed by atoms with van der Waals surface area (Å²) in [4.78, 5) is 10.4. The summed E-state index contributed by atoms with van der Waals surface area (Å²) in [6, 6.07) is 5.61. The van der Waals surface area contributed by atoms with Crippen LogP contribution in [-0.4, -0.2) is 28.8 Å². The van der Waals surface area contributed by atoms with Crippen molar-refractivity contribution in [2.75, 3.05) is 11.9 Å². The first-order valence-corrected chi connectivity index (χ1v) is 5.97. The molecule has 0 bridgehead atoms.